The van der Waals surface area contributed by atoms with E-state index in [4.69, 9.17) is 15.2 Å². The number of ether oxygens (including phenoxy) is 2. The van der Waals surface area contributed by atoms with Crippen molar-refractivity contribution >= 4 is 29.9 Å². The fourth-order valence-corrected chi connectivity index (χ4v) is 2.83. The molecule has 0 aliphatic carbocycles. The minimum atomic E-state index is 0. The van der Waals surface area contributed by atoms with E-state index in [1.165, 1.54) is 11.1 Å². The molecule has 0 unspecified atom stereocenters. The van der Waals surface area contributed by atoms with Crippen molar-refractivity contribution in [2.45, 2.75) is 13.1 Å². The van der Waals surface area contributed by atoms with Gasteiger partial charge >= 0.3 is 0 Å². The van der Waals surface area contributed by atoms with Crippen LogP contribution in [-0.2, 0) is 22.6 Å². The second kappa shape index (κ2) is 10.2. The largest absolute Gasteiger partial charge is 0.379 e. The van der Waals surface area contributed by atoms with E-state index in [0.29, 0.717) is 12.5 Å². The van der Waals surface area contributed by atoms with Crippen molar-refractivity contribution in [3.63, 3.8) is 0 Å². The van der Waals surface area contributed by atoms with Crippen molar-refractivity contribution in [3.8, 4) is 0 Å². The van der Waals surface area contributed by atoms with Crippen LogP contribution in [0.1, 0.15) is 11.1 Å². The summed E-state index contributed by atoms with van der Waals surface area (Å²) in [6.45, 7) is 8.44. The Bertz CT molecular complexity index is 512. The molecule has 1 aromatic rings. The van der Waals surface area contributed by atoms with Crippen molar-refractivity contribution in [2.24, 2.45) is 10.7 Å². The van der Waals surface area contributed by atoms with Gasteiger partial charge < -0.3 is 20.1 Å². The molecule has 2 fully saturated rings. The van der Waals surface area contributed by atoms with Crippen LogP contribution < -0.4 is 5.73 Å². The van der Waals surface area contributed by atoms with Crippen molar-refractivity contribution in [3.05, 3.63) is 35.4 Å². The number of benzene rings is 1. The van der Waals surface area contributed by atoms with Crippen LogP contribution >= 0.6 is 24.0 Å². The van der Waals surface area contributed by atoms with Gasteiger partial charge in [0.15, 0.2) is 5.96 Å². The third kappa shape index (κ3) is 5.87. The van der Waals surface area contributed by atoms with Gasteiger partial charge in [-0.2, -0.15) is 0 Å². The zero-order valence-corrected chi connectivity index (χ0v) is 16.4. The minimum Gasteiger partial charge on any atom is -0.379 e. The summed E-state index contributed by atoms with van der Waals surface area (Å²) in [6.07, 6.45) is 0. The normalized spacial score (nSPS) is 19.8. The molecule has 0 spiro atoms. The summed E-state index contributed by atoms with van der Waals surface area (Å²) in [7, 11) is 0. The number of hydrogen-bond acceptors (Lipinski definition) is 4. The van der Waals surface area contributed by atoms with Crippen LogP contribution in [0.5, 0.6) is 0 Å². The molecule has 2 aliphatic heterocycles. The summed E-state index contributed by atoms with van der Waals surface area (Å²) in [5.74, 6) is 0.616. The Kier molecular flexibility index (Phi) is 8.23. The third-order valence-corrected chi connectivity index (χ3v) is 4.29. The monoisotopic (exact) mass is 446 g/mol. The van der Waals surface area contributed by atoms with E-state index in [-0.39, 0.29) is 24.0 Å². The van der Waals surface area contributed by atoms with Gasteiger partial charge in [-0.15, -0.1) is 24.0 Å². The quantitative estimate of drug-likeness (QED) is 0.429. The zero-order chi connectivity index (χ0) is 15.9. The predicted molar refractivity (Wildman–Crippen MR) is 106 cm³/mol. The van der Waals surface area contributed by atoms with Gasteiger partial charge in [-0.05, 0) is 11.1 Å². The van der Waals surface area contributed by atoms with Gasteiger partial charge in [0.1, 0.15) is 0 Å². The maximum atomic E-state index is 6.05. The van der Waals surface area contributed by atoms with E-state index >= 15 is 0 Å². The number of nitrogens with two attached hydrogens (primary N) is 1. The predicted octanol–water partition coefficient (Wildman–Crippen LogP) is 1.28. The van der Waals surface area contributed by atoms with Crippen LogP contribution in [0.3, 0.4) is 0 Å². The molecule has 1 aromatic carbocycles. The van der Waals surface area contributed by atoms with E-state index in [9.17, 15) is 0 Å². The summed E-state index contributed by atoms with van der Waals surface area (Å²) >= 11 is 0. The van der Waals surface area contributed by atoms with Gasteiger partial charge in [0.05, 0.1) is 33.0 Å². The maximum absolute atomic E-state index is 6.05. The zero-order valence-electron chi connectivity index (χ0n) is 14.0. The van der Waals surface area contributed by atoms with Crippen LogP contribution in [0.15, 0.2) is 29.3 Å². The number of hydrogen-bond donors (Lipinski definition) is 1. The summed E-state index contributed by atoms with van der Waals surface area (Å²) in [4.78, 5) is 9.00. The minimum absolute atomic E-state index is 0. The lowest BCUT2D eigenvalue weighted by molar-refractivity contribution is 0.0342. The van der Waals surface area contributed by atoms with Gasteiger partial charge in [0.25, 0.3) is 0 Å². The van der Waals surface area contributed by atoms with Gasteiger partial charge in [0.2, 0.25) is 0 Å². The van der Waals surface area contributed by atoms with Crippen LogP contribution in [-0.4, -0.2) is 68.4 Å². The van der Waals surface area contributed by atoms with E-state index in [1.807, 2.05) is 0 Å². The molecule has 6 nitrogen and oxygen atoms in total. The Morgan fingerprint density at radius 1 is 0.917 bits per heavy atom. The highest BCUT2D eigenvalue weighted by molar-refractivity contribution is 14.0. The SMILES string of the molecule is I.NC(=NCc1ccc(CN2CCOCC2)cc1)N1CCOCC1. The molecule has 2 saturated heterocycles. The molecule has 0 atom stereocenters. The fourth-order valence-electron chi connectivity index (χ4n) is 2.83. The van der Waals surface area contributed by atoms with Crippen LogP contribution in [0, 0.1) is 0 Å². The van der Waals surface area contributed by atoms with Crippen LogP contribution in [0.4, 0.5) is 0 Å². The number of morpholine rings is 2. The van der Waals surface area contributed by atoms with Crippen molar-refractivity contribution in [2.75, 3.05) is 52.6 Å². The lowest BCUT2D eigenvalue weighted by Crippen LogP contribution is -2.44. The lowest BCUT2D eigenvalue weighted by atomic mass is 10.1. The van der Waals surface area contributed by atoms with E-state index in [1.54, 1.807) is 0 Å². The standard InChI is InChI=1S/C17H26N4O2.HI/c18-17(21-7-11-23-12-8-21)19-13-15-1-3-16(4-2-15)14-20-5-9-22-10-6-20;/h1-4H,5-14H2,(H2,18,19);1H. The molecule has 3 rings (SSSR count). The maximum Gasteiger partial charge on any atom is 0.191 e. The lowest BCUT2D eigenvalue weighted by Gasteiger charge is -2.27. The highest BCUT2D eigenvalue weighted by Gasteiger charge is 2.12. The highest BCUT2D eigenvalue weighted by Crippen LogP contribution is 2.10. The van der Waals surface area contributed by atoms with Crippen molar-refractivity contribution < 1.29 is 9.47 Å². The van der Waals surface area contributed by atoms with E-state index in [0.717, 1.165) is 59.2 Å². The van der Waals surface area contributed by atoms with Gasteiger partial charge in [0, 0.05) is 32.7 Å². The molecule has 2 N–H and O–H groups in total. The summed E-state index contributed by atoms with van der Waals surface area (Å²) in [5.41, 5.74) is 8.57. The Balaban J connectivity index is 0.00000208. The molecular weight excluding hydrogens is 419 g/mol. The summed E-state index contributed by atoms with van der Waals surface area (Å²) in [5, 5.41) is 0. The summed E-state index contributed by atoms with van der Waals surface area (Å²) in [6, 6.07) is 8.66. The number of guanidine groups is 1. The molecule has 24 heavy (non-hydrogen) atoms. The number of aliphatic imine (C=N–C) groups is 1. The molecule has 7 heteroatoms. The molecule has 2 heterocycles. The highest BCUT2D eigenvalue weighted by atomic mass is 127. The molecule has 0 aromatic heterocycles. The van der Waals surface area contributed by atoms with Crippen LogP contribution in [0.25, 0.3) is 0 Å². The van der Waals surface area contributed by atoms with Crippen LogP contribution in [0.2, 0.25) is 0 Å². The van der Waals surface area contributed by atoms with Crippen molar-refractivity contribution in [1.82, 2.24) is 9.80 Å². The Morgan fingerprint density at radius 3 is 2.08 bits per heavy atom. The number of nitrogens with zero attached hydrogens (tertiary/aromatic N) is 3. The van der Waals surface area contributed by atoms with E-state index in [2.05, 4.69) is 39.1 Å². The molecule has 2 aliphatic rings. The number of halogens is 1. The Hall–Kier alpha value is -0.900. The van der Waals surface area contributed by atoms with Gasteiger partial charge in [-0.25, -0.2) is 4.99 Å². The first-order valence-corrected chi connectivity index (χ1v) is 8.32. The fraction of sp³-hybridized carbons (Fsp3) is 0.588. The molecule has 0 saturated carbocycles. The molecule has 0 radical (unpaired) electrons. The third-order valence-electron chi connectivity index (χ3n) is 4.29. The van der Waals surface area contributed by atoms with Crippen molar-refractivity contribution in [1.29, 1.82) is 0 Å². The molecule has 0 amide bonds. The first kappa shape index (κ1) is 19.4. The molecule has 134 valence electrons. The average molecular weight is 446 g/mol. The summed E-state index contributed by atoms with van der Waals surface area (Å²) < 4.78 is 10.7. The molecule has 0 bridgehead atoms. The topological polar surface area (TPSA) is 63.3 Å². The Morgan fingerprint density at radius 2 is 1.46 bits per heavy atom. The second-order valence-corrected chi connectivity index (χ2v) is 5.98. The first-order valence-electron chi connectivity index (χ1n) is 8.32. The number of rotatable bonds is 4. The van der Waals surface area contributed by atoms with E-state index < -0.39 is 0 Å². The Labute approximate surface area is 161 Å². The first-order chi connectivity index (χ1) is 11.3. The molecular formula is C17H27IN4O2. The second-order valence-electron chi connectivity index (χ2n) is 5.98. The smallest absolute Gasteiger partial charge is 0.191 e. The van der Waals surface area contributed by atoms with Gasteiger partial charge in [-0.3, -0.25) is 4.90 Å². The average Bonchev–Trinajstić information content (AvgIpc) is 2.62. The van der Waals surface area contributed by atoms with Gasteiger partial charge in [-0.1, -0.05) is 24.3 Å².